The molecule has 0 saturated heterocycles. The van der Waals surface area contributed by atoms with Crippen molar-refractivity contribution in [2.24, 2.45) is 0 Å². The van der Waals surface area contributed by atoms with Gasteiger partial charge in [-0.05, 0) is 240 Å². The Kier molecular flexibility index (Phi) is 12.6. The first-order chi connectivity index (χ1) is 50.5. The molecule has 0 fully saturated rings. The summed E-state index contributed by atoms with van der Waals surface area (Å²) in [6, 6.07) is 133. The van der Waals surface area contributed by atoms with Crippen molar-refractivity contribution in [1.29, 1.82) is 0 Å². The first kappa shape index (κ1) is 57.4. The van der Waals surface area contributed by atoms with Crippen LogP contribution in [0.2, 0.25) is 0 Å². The molecule has 22 aromatic rings. The molecule has 0 aliphatic carbocycles. The maximum Gasteiger partial charge on any atom is 0.0433 e. The van der Waals surface area contributed by atoms with E-state index in [2.05, 4.69) is 352 Å². The van der Waals surface area contributed by atoms with Crippen LogP contribution in [-0.2, 0) is 0 Å². The van der Waals surface area contributed by atoms with Crippen LogP contribution in [0.3, 0.4) is 0 Å². The van der Waals surface area contributed by atoms with E-state index in [1.165, 1.54) is 226 Å². The Morgan fingerprint density at radius 2 is 0.451 bits per heavy atom. The summed E-state index contributed by atoms with van der Waals surface area (Å²) in [5.41, 5.74) is 17.4. The summed E-state index contributed by atoms with van der Waals surface area (Å²) >= 11 is 3.81. The highest BCUT2D eigenvalue weighted by Gasteiger charge is 2.23. The number of fused-ring (bicyclic) bond motifs is 17. The summed E-state index contributed by atoms with van der Waals surface area (Å²) in [4.78, 5) is 0. The first-order valence-electron chi connectivity index (χ1n) is 35.3. The Bertz CT molecular complexity index is 7240. The molecule has 0 amide bonds. The third kappa shape index (κ3) is 8.80. The van der Waals surface area contributed by atoms with Gasteiger partial charge in [0.2, 0.25) is 0 Å². The van der Waals surface area contributed by atoms with Crippen molar-refractivity contribution in [3.63, 3.8) is 0 Å². The molecule has 0 N–H and O–H groups in total. The molecule has 0 atom stereocenters. The van der Waals surface area contributed by atoms with Gasteiger partial charge in [-0.25, -0.2) is 0 Å². The average molecular weight is 1320 g/mol. The van der Waals surface area contributed by atoms with E-state index in [0.29, 0.717) is 0 Å². The lowest BCUT2D eigenvalue weighted by Crippen LogP contribution is -1.92. The topological polar surface area (TPSA) is 0 Å². The number of benzene rings is 20. The maximum atomic E-state index is 2.43. The third-order valence-electron chi connectivity index (χ3n) is 22.1. The Morgan fingerprint density at radius 3 is 0.951 bits per heavy atom. The molecule has 0 spiro atoms. The minimum atomic E-state index is 1.20. The molecule has 2 heteroatoms. The van der Waals surface area contributed by atoms with Gasteiger partial charge in [0.25, 0.3) is 0 Å². The molecule has 0 radical (unpaired) electrons. The summed E-state index contributed by atoms with van der Waals surface area (Å²) in [6.45, 7) is 0. The van der Waals surface area contributed by atoms with Crippen LogP contribution in [0.4, 0.5) is 0 Å². The second-order valence-corrected chi connectivity index (χ2v) is 29.8. The second kappa shape index (κ2) is 22.5. The minimum absolute atomic E-state index is 1.20. The molecule has 0 saturated carbocycles. The fourth-order valence-corrected chi connectivity index (χ4v) is 19.9. The van der Waals surface area contributed by atoms with E-state index in [1.807, 2.05) is 22.7 Å². The first-order valence-corrected chi connectivity index (χ1v) is 36.9. The monoisotopic (exact) mass is 1320 g/mol. The lowest BCUT2D eigenvalue weighted by Gasteiger charge is -2.20. The minimum Gasteiger partial charge on any atom is -0.135 e. The smallest absolute Gasteiger partial charge is 0.0433 e. The Balaban J connectivity index is 0.589. The van der Waals surface area contributed by atoms with Crippen LogP contribution in [-0.4, -0.2) is 0 Å². The van der Waals surface area contributed by atoms with Crippen molar-refractivity contribution >= 4 is 171 Å². The Morgan fingerprint density at radius 1 is 0.137 bits per heavy atom. The molecule has 2 heterocycles. The zero-order valence-electron chi connectivity index (χ0n) is 55.3. The van der Waals surface area contributed by atoms with E-state index in [-0.39, 0.29) is 0 Å². The van der Waals surface area contributed by atoms with E-state index in [9.17, 15) is 0 Å². The molecule has 20 aromatic carbocycles. The van der Waals surface area contributed by atoms with Crippen LogP contribution in [0.5, 0.6) is 0 Å². The quantitative estimate of drug-likeness (QED) is 0.140. The van der Waals surface area contributed by atoms with Gasteiger partial charge in [0.15, 0.2) is 0 Å². The molecule has 0 nitrogen and oxygen atoms in total. The van der Waals surface area contributed by atoms with Crippen LogP contribution >= 0.6 is 22.7 Å². The van der Waals surface area contributed by atoms with Gasteiger partial charge in [-0.1, -0.05) is 297 Å². The van der Waals surface area contributed by atoms with Gasteiger partial charge in [-0.2, -0.15) is 0 Å². The molecule has 22 rings (SSSR count). The molecular weight excluding hydrogens is 1270 g/mol. The van der Waals surface area contributed by atoms with Gasteiger partial charge in [0, 0.05) is 40.3 Å². The summed E-state index contributed by atoms with van der Waals surface area (Å²) in [5, 5.41) is 30.5. The highest BCUT2D eigenvalue weighted by molar-refractivity contribution is 7.27. The van der Waals surface area contributed by atoms with E-state index >= 15 is 0 Å². The van der Waals surface area contributed by atoms with Crippen molar-refractivity contribution in [1.82, 2.24) is 0 Å². The van der Waals surface area contributed by atoms with Crippen LogP contribution in [0.15, 0.2) is 352 Å². The normalized spacial score (nSPS) is 12.1. The van der Waals surface area contributed by atoms with Gasteiger partial charge in [0.1, 0.15) is 0 Å². The third-order valence-corrected chi connectivity index (χ3v) is 24.5. The molecule has 102 heavy (non-hydrogen) atoms. The molecule has 0 unspecified atom stereocenters. The molecule has 470 valence electrons. The van der Waals surface area contributed by atoms with Crippen LogP contribution in [0, 0.1) is 0 Å². The molecule has 0 aliphatic rings. The molecule has 2 aromatic heterocycles. The number of thiophene rings is 2. The number of hydrogen-bond donors (Lipinski definition) is 0. The fraction of sp³-hybridized carbons (Fsp3) is 0. The van der Waals surface area contributed by atoms with Crippen molar-refractivity contribution < 1.29 is 0 Å². The summed E-state index contributed by atoms with van der Waals surface area (Å²) in [5.74, 6) is 0. The Labute approximate surface area is 596 Å². The highest BCUT2D eigenvalue weighted by Crippen LogP contribution is 2.51. The van der Waals surface area contributed by atoms with Gasteiger partial charge in [-0.15, -0.1) is 22.7 Å². The van der Waals surface area contributed by atoms with Crippen molar-refractivity contribution in [2.45, 2.75) is 0 Å². The summed E-state index contributed by atoms with van der Waals surface area (Å²) < 4.78 is 5.30. The van der Waals surface area contributed by atoms with Crippen molar-refractivity contribution in [2.75, 3.05) is 0 Å². The van der Waals surface area contributed by atoms with Gasteiger partial charge >= 0.3 is 0 Å². The molecular formula is C100H58S2. The number of hydrogen-bond acceptors (Lipinski definition) is 2. The van der Waals surface area contributed by atoms with Crippen LogP contribution in [0.1, 0.15) is 0 Å². The lowest BCUT2D eigenvalue weighted by molar-refractivity contribution is 1.63. The van der Waals surface area contributed by atoms with Gasteiger partial charge < -0.3 is 0 Å². The van der Waals surface area contributed by atoms with E-state index in [4.69, 9.17) is 0 Å². The summed E-state index contributed by atoms with van der Waals surface area (Å²) in [7, 11) is 0. The highest BCUT2D eigenvalue weighted by atomic mass is 32.1. The lowest BCUT2D eigenvalue weighted by atomic mass is 9.83. The SMILES string of the molecule is c1ccc(-c2c3ccccc3c(-c3ccc(-c4ccc5cc6c(cc5c4)sc4cc5ccc(-c7ccc(-c8c9ccccc9c(-c9ccc(-c%10ccc%11cc%12c(cc%11c%10)sc%10c%11ccccc%11ccc%12%10)c%10ccccc9%10)c9ccccc89)cc7)cc5cc46)c4ccccc34)c3ccccc23)cc1. The largest absolute Gasteiger partial charge is 0.135 e. The van der Waals surface area contributed by atoms with Crippen LogP contribution < -0.4 is 0 Å². The van der Waals surface area contributed by atoms with Crippen molar-refractivity contribution in [3.05, 3.63) is 352 Å². The van der Waals surface area contributed by atoms with E-state index in [0.717, 1.165) is 0 Å². The zero-order chi connectivity index (χ0) is 66.7. The second-order valence-electron chi connectivity index (χ2n) is 27.6. The predicted molar refractivity (Wildman–Crippen MR) is 445 cm³/mol. The van der Waals surface area contributed by atoms with Gasteiger partial charge in [-0.3, -0.25) is 0 Å². The van der Waals surface area contributed by atoms with Crippen LogP contribution in [0.25, 0.3) is 226 Å². The Hall–Kier alpha value is -12.6. The van der Waals surface area contributed by atoms with Crippen molar-refractivity contribution in [3.8, 4) is 77.9 Å². The van der Waals surface area contributed by atoms with Gasteiger partial charge in [0.05, 0.1) is 0 Å². The number of rotatable bonds is 7. The fourth-order valence-electron chi connectivity index (χ4n) is 17.5. The molecule has 0 aliphatic heterocycles. The standard InChI is InChI=1S/C100H58S2/c1-2-19-61(20-3-1)96-79-26-10-14-30-83(79)98(84-31-15-11-27-80(84)96)87-48-46-72(75-22-6-8-24-77(75)87)67-43-41-65-54-91-92-55-69-50-63(38-39-66(69)56-93(92)101-94(91)57-70(65)51-67)59-34-36-62(37-35-59)97-81-28-12-16-32-85(81)99(86-33-17-13-29-82(86)97)88-49-47-73(76-23-7-9-25-78(76)88)68-42-40-64-53-90-89-45-44-60-18-4-5-21-74(60)100(89)102-95(90)58-71(64)52-68/h1-58H. The van der Waals surface area contributed by atoms with E-state index < -0.39 is 0 Å². The maximum absolute atomic E-state index is 2.43. The predicted octanol–water partition coefficient (Wildman–Crippen LogP) is 29.6. The summed E-state index contributed by atoms with van der Waals surface area (Å²) in [6.07, 6.45) is 0. The zero-order valence-corrected chi connectivity index (χ0v) is 56.9. The van der Waals surface area contributed by atoms with E-state index in [1.54, 1.807) is 0 Å². The molecule has 0 bridgehead atoms. The average Bonchev–Trinajstić information content (AvgIpc) is 1.35.